The summed E-state index contributed by atoms with van der Waals surface area (Å²) in [6.07, 6.45) is 0.541. The average molecular weight is 242 g/mol. The fourth-order valence-electron chi connectivity index (χ4n) is 1.58. The fourth-order valence-corrected chi connectivity index (χ4v) is 1.58. The molecule has 1 heterocycles. The van der Waals surface area contributed by atoms with Gasteiger partial charge in [0.2, 0.25) is 5.82 Å². The molecule has 0 unspecified atom stereocenters. The van der Waals surface area contributed by atoms with E-state index in [0.29, 0.717) is 24.5 Å². The SMILES string of the molecule is Cc1nn(C(C)C)c(NCCCO)c1[N+](=O)[O-]. The van der Waals surface area contributed by atoms with Crippen LogP contribution in [0.1, 0.15) is 32.0 Å². The Balaban J connectivity index is 3.07. The topological polar surface area (TPSA) is 93.2 Å². The molecule has 0 aliphatic rings. The standard InChI is InChI=1S/C10H18N4O3/c1-7(2)13-10(11-5-4-6-15)9(14(16)17)8(3)12-13/h7,11,15H,4-6H2,1-3H3. The van der Waals surface area contributed by atoms with Crippen LogP contribution in [-0.2, 0) is 0 Å². The van der Waals surface area contributed by atoms with Crippen molar-refractivity contribution in [2.45, 2.75) is 33.2 Å². The highest BCUT2D eigenvalue weighted by molar-refractivity contribution is 5.59. The molecule has 7 nitrogen and oxygen atoms in total. The van der Waals surface area contributed by atoms with Gasteiger partial charge in [-0.2, -0.15) is 5.10 Å². The quantitative estimate of drug-likeness (QED) is 0.447. The van der Waals surface area contributed by atoms with Crippen molar-refractivity contribution in [1.29, 1.82) is 0 Å². The van der Waals surface area contributed by atoms with Gasteiger partial charge in [0.15, 0.2) is 0 Å². The van der Waals surface area contributed by atoms with Crippen LogP contribution in [0.5, 0.6) is 0 Å². The molecule has 0 bridgehead atoms. The van der Waals surface area contributed by atoms with E-state index in [1.807, 2.05) is 13.8 Å². The number of hydrogen-bond donors (Lipinski definition) is 2. The molecule has 2 N–H and O–H groups in total. The second-order valence-corrected chi connectivity index (χ2v) is 4.08. The number of nitrogens with one attached hydrogen (secondary N) is 1. The summed E-state index contributed by atoms with van der Waals surface area (Å²) in [6.45, 7) is 5.97. The third-order valence-corrected chi connectivity index (χ3v) is 2.35. The van der Waals surface area contributed by atoms with E-state index >= 15 is 0 Å². The van der Waals surface area contributed by atoms with Crippen LogP contribution in [0.3, 0.4) is 0 Å². The Hall–Kier alpha value is -1.63. The first-order valence-electron chi connectivity index (χ1n) is 5.57. The van der Waals surface area contributed by atoms with Crippen LogP contribution in [0.25, 0.3) is 0 Å². The third kappa shape index (κ3) is 2.94. The van der Waals surface area contributed by atoms with Crippen LogP contribution in [0.15, 0.2) is 0 Å². The van der Waals surface area contributed by atoms with E-state index in [2.05, 4.69) is 10.4 Å². The Labute approximate surface area is 99.6 Å². The molecule has 0 aliphatic carbocycles. The molecule has 0 amide bonds. The Morgan fingerprint density at radius 2 is 2.24 bits per heavy atom. The summed E-state index contributed by atoms with van der Waals surface area (Å²) < 4.78 is 1.60. The van der Waals surface area contributed by atoms with E-state index in [9.17, 15) is 10.1 Å². The number of hydrogen-bond acceptors (Lipinski definition) is 5. The molecule has 0 aliphatic heterocycles. The first-order chi connectivity index (χ1) is 7.99. The molecule has 0 radical (unpaired) electrons. The summed E-state index contributed by atoms with van der Waals surface area (Å²) in [5.74, 6) is 0.413. The molecular weight excluding hydrogens is 224 g/mol. The Kier molecular flexibility index (Phi) is 4.45. The van der Waals surface area contributed by atoms with Gasteiger partial charge >= 0.3 is 5.69 Å². The summed E-state index contributed by atoms with van der Waals surface area (Å²) in [4.78, 5) is 10.5. The van der Waals surface area contributed by atoms with Gasteiger partial charge < -0.3 is 10.4 Å². The highest BCUT2D eigenvalue weighted by Gasteiger charge is 2.25. The largest absolute Gasteiger partial charge is 0.396 e. The minimum Gasteiger partial charge on any atom is -0.396 e. The van der Waals surface area contributed by atoms with Gasteiger partial charge in [0.25, 0.3) is 0 Å². The van der Waals surface area contributed by atoms with Crippen molar-refractivity contribution >= 4 is 11.5 Å². The van der Waals surface area contributed by atoms with Gasteiger partial charge in [-0.05, 0) is 27.2 Å². The van der Waals surface area contributed by atoms with Crippen LogP contribution < -0.4 is 5.32 Å². The van der Waals surface area contributed by atoms with Gasteiger partial charge in [-0.15, -0.1) is 0 Å². The van der Waals surface area contributed by atoms with Crippen LogP contribution in [-0.4, -0.2) is 33.0 Å². The average Bonchev–Trinajstić information content (AvgIpc) is 2.56. The van der Waals surface area contributed by atoms with E-state index < -0.39 is 4.92 Å². The van der Waals surface area contributed by atoms with E-state index in [0.717, 1.165) is 0 Å². The number of anilines is 1. The van der Waals surface area contributed by atoms with Crippen LogP contribution in [0, 0.1) is 17.0 Å². The van der Waals surface area contributed by atoms with Crippen LogP contribution in [0.2, 0.25) is 0 Å². The lowest BCUT2D eigenvalue weighted by Gasteiger charge is -2.11. The zero-order valence-electron chi connectivity index (χ0n) is 10.3. The number of nitro groups is 1. The number of aryl methyl sites for hydroxylation is 1. The molecule has 1 aromatic heterocycles. The molecule has 0 saturated heterocycles. The Bertz CT molecular complexity index is 401. The summed E-state index contributed by atoms with van der Waals surface area (Å²) in [7, 11) is 0. The van der Waals surface area contributed by atoms with Crippen molar-refractivity contribution < 1.29 is 10.0 Å². The number of aromatic nitrogens is 2. The molecule has 1 aromatic rings. The summed E-state index contributed by atoms with van der Waals surface area (Å²) in [6, 6.07) is 0.0408. The molecular formula is C10H18N4O3. The number of aliphatic hydroxyl groups excluding tert-OH is 1. The summed E-state index contributed by atoms with van der Waals surface area (Å²) in [5, 5.41) is 26.8. The van der Waals surface area contributed by atoms with E-state index in [-0.39, 0.29) is 18.3 Å². The highest BCUT2D eigenvalue weighted by atomic mass is 16.6. The van der Waals surface area contributed by atoms with E-state index in [1.165, 1.54) is 0 Å². The second-order valence-electron chi connectivity index (χ2n) is 4.08. The molecule has 0 aromatic carbocycles. The Morgan fingerprint density at radius 3 is 2.71 bits per heavy atom. The minimum atomic E-state index is -0.428. The number of rotatable bonds is 6. The monoisotopic (exact) mass is 242 g/mol. The fraction of sp³-hybridized carbons (Fsp3) is 0.700. The number of nitrogens with zero attached hydrogens (tertiary/aromatic N) is 3. The number of aliphatic hydroxyl groups is 1. The second kappa shape index (κ2) is 5.62. The van der Waals surface area contributed by atoms with Crippen molar-refractivity contribution in [3.63, 3.8) is 0 Å². The van der Waals surface area contributed by atoms with Crippen LogP contribution in [0.4, 0.5) is 11.5 Å². The summed E-state index contributed by atoms with van der Waals surface area (Å²) >= 11 is 0. The maximum atomic E-state index is 11.0. The van der Waals surface area contributed by atoms with Crippen molar-refractivity contribution in [3.8, 4) is 0 Å². The third-order valence-electron chi connectivity index (χ3n) is 2.35. The van der Waals surface area contributed by atoms with Gasteiger partial charge in [0.05, 0.1) is 4.92 Å². The van der Waals surface area contributed by atoms with Crippen molar-refractivity contribution in [1.82, 2.24) is 9.78 Å². The molecule has 0 spiro atoms. The molecule has 7 heteroatoms. The smallest absolute Gasteiger partial charge is 0.333 e. The summed E-state index contributed by atoms with van der Waals surface area (Å²) in [5.41, 5.74) is 0.409. The van der Waals surface area contributed by atoms with Gasteiger partial charge in [0, 0.05) is 19.2 Å². The normalized spacial score (nSPS) is 10.9. The maximum absolute atomic E-state index is 11.0. The molecule has 96 valence electrons. The lowest BCUT2D eigenvalue weighted by Crippen LogP contribution is -2.12. The predicted octanol–water partition coefficient (Wildman–Crippen LogP) is 1.47. The van der Waals surface area contributed by atoms with Crippen molar-refractivity contribution in [2.24, 2.45) is 0 Å². The van der Waals surface area contributed by atoms with E-state index in [4.69, 9.17) is 5.11 Å². The van der Waals surface area contributed by atoms with Gasteiger partial charge in [-0.1, -0.05) is 0 Å². The molecule has 1 rings (SSSR count). The van der Waals surface area contributed by atoms with Gasteiger partial charge in [0.1, 0.15) is 5.69 Å². The molecule has 17 heavy (non-hydrogen) atoms. The highest BCUT2D eigenvalue weighted by Crippen LogP contribution is 2.30. The molecule has 0 fully saturated rings. The van der Waals surface area contributed by atoms with Gasteiger partial charge in [-0.3, -0.25) is 10.1 Å². The Morgan fingerprint density at radius 1 is 1.59 bits per heavy atom. The zero-order valence-corrected chi connectivity index (χ0v) is 10.3. The lowest BCUT2D eigenvalue weighted by molar-refractivity contribution is -0.384. The first-order valence-corrected chi connectivity index (χ1v) is 5.57. The first kappa shape index (κ1) is 13.4. The van der Waals surface area contributed by atoms with E-state index in [1.54, 1.807) is 11.6 Å². The minimum absolute atomic E-state index is 0.0108. The predicted molar refractivity (Wildman–Crippen MR) is 64.2 cm³/mol. The van der Waals surface area contributed by atoms with Gasteiger partial charge in [-0.25, -0.2) is 4.68 Å². The van der Waals surface area contributed by atoms with Crippen molar-refractivity contribution in [3.05, 3.63) is 15.8 Å². The van der Waals surface area contributed by atoms with Crippen molar-refractivity contribution in [2.75, 3.05) is 18.5 Å². The zero-order chi connectivity index (χ0) is 13.0. The molecule has 0 saturated carbocycles. The molecule has 0 atom stereocenters. The van der Waals surface area contributed by atoms with Crippen LogP contribution >= 0.6 is 0 Å². The lowest BCUT2D eigenvalue weighted by atomic mass is 10.3. The maximum Gasteiger partial charge on any atom is 0.333 e.